The van der Waals surface area contributed by atoms with E-state index >= 15 is 0 Å². The van der Waals surface area contributed by atoms with Gasteiger partial charge in [-0.05, 0) is 73.1 Å². The van der Waals surface area contributed by atoms with E-state index in [1.165, 1.54) is 54.6 Å². The van der Waals surface area contributed by atoms with E-state index in [1.807, 2.05) is 6.92 Å². The van der Waals surface area contributed by atoms with Crippen molar-refractivity contribution in [1.82, 2.24) is 0 Å². The Balaban J connectivity index is 1.76. The number of allylic oxidation sites excluding steroid dienone is 1. The zero-order valence-electron chi connectivity index (χ0n) is 19.0. The van der Waals surface area contributed by atoms with E-state index in [1.54, 1.807) is 0 Å². The van der Waals surface area contributed by atoms with E-state index in [9.17, 15) is 0 Å². The Labute approximate surface area is 205 Å². The van der Waals surface area contributed by atoms with Crippen molar-refractivity contribution in [3.05, 3.63) is 121 Å². The molecule has 162 valence electrons. The Morgan fingerprint density at radius 1 is 0.559 bits per heavy atom. The lowest BCUT2D eigenvalue weighted by Crippen LogP contribution is -1.92. The lowest BCUT2D eigenvalue weighted by molar-refractivity contribution is 1.43. The van der Waals surface area contributed by atoms with Gasteiger partial charge in [0.25, 0.3) is 0 Å². The third-order valence-electron chi connectivity index (χ3n) is 6.66. The Bertz CT molecular complexity index is 1660. The monoisotopic (exact) mass is 452 g/mol. The Hall–Kier alpha value is -3.81. The van der Waals surface area contributed by atoms with Crippen LogP contribution in [0.2, 0.25) is 0 Å². The second-order valence-electron chi connectivity index (χ2n) is 8.64. The summed E-state index contributed by atoms with van der Waals surface area (Å²) in [5.74, 6) is 0. The van der Waals surface area contributed by atoms with Crippen molar-refractivity contribution < 1.29 is 0 Å². The molecule has 0 heterocycles. The summed E-state index contributed by atoms with van der Waals surface area (Å²) in [4.78, 5) is 0.988. The molecule has 0 bridgehead atoms. The molecule has 1 heteroatoms. The van der Waals surface area contributed by atoms with Gasteiger partial charge in [0.15, 0.2) is 0 Å². The maximum Gasteiger partial charge on any atom is 0.0119 e. The molecule has 0 spiro atoms. The third-order valence-corrected chi connectivity index (χ3v) is 7.04. The van der Waals surface area contributed by atoms with E-state index < -0.39 is 0 Å². The molecule has 0 unspecified atom stereocenters. The summed E-state index contributed by atoms with van der Waals surface area (Å²) in [7, 11) is 0. The van der Waals surface area contributed by atoms with E-state index in [0.717, 1.165) is 10.5 Å². The van der Waals surface area contributed by atoms with Crippen molar-refractivity contribution in [3.63, 3.8) is 0 Å². The average molecular weight is 453 g/mol. The number of rotatable bonds is 3. The highest BCUT2D eigenvalue weighted by Crippen LogP contribution is 2.45. The van der Waals surface area contributed by atoms with Crippen LogP contribution >= 0.6 is 12.6 Å². The normalized spacial score (nSPS) is 11.7. The minimum absolute atomic E-state index is 0.988. The van der Waals surface area contributed by atoms with Crippen LogP contribution in [0.1, 0.15) is 12.5 Å². The lowest BCUT2D eigenvalue weighted by Gasteiger charge is -2.19. The second kappa shape index (κ2) is 8.52. The van der Waals surface area contributed by atoms with Gasteiger partial charge in [0.1, 0.15) is 0 Å². The van der Waals surface area contributed by atoms with Gasteiger partial charge in [0, 0.05) is 4.90 Å². The van der Waals surface area contributed by atoms with Crippen LogP contribution in [0.5, 0.6) is 0 Å². The Morgan fingerprint density at radius 2 is 1.12 bits per heavy atom. The van der Waals surface area contributed by atoms with Gasteiger partial charge in [-0.1, -0.05) is 115 Å². The van der Waals surface area contributed by atoms with Crippen LogP contribution in [-0.2, 0) is 0 Å². The smallest absolute Gasteiger partial charge is 0.0119 e. The van der Waals surface area contributed by atoms with Crippen LogP contribution in [0.3, 0.4) is 0 Å². The molecular weight excluding hydrogens is 428 g/mol. The van der Waals surface area contributed by atoms with Crippen molar-refractivity contribution in [1.29, 1.82) is 0 Å². The van der Waals surface area contributed by atoms with Crippen molar-refractivity contribution in [2.24, 2.45) is 0 Å². The number of hydrogen-bond acceptors (Lipinski definition) is 1. The summed E-state index contributed by atoms with van der Waals surface area (Å²) in [6.45, 7) is 2.04. The molecule has 0 aromatic heterocycles. The zero-order valence-corrected chi connectivity index (χ0v) is 19.9. The van der Waals surface area contributed by atoms with Crippen molar-refractivity contribution in [3.8, 4) is 22.3 Å². The summed E-state index contributed by atoms with van der Waals surface area (Å²) in [5.41, 5.74) is 6.15. The molecule has 0 radical (unpaired) electrons. The molecular formula is C33H24S. The fourth-order valence-electron chi connectivity index (χ4n) is 5.19. The first-order valence-electron chi connectivity index (χ1n) is 11.6. The fourth-order valence-corrected chi connectivity index (χ4v) is 5.48. The molecule has 0 atom stereocenters. The zero-order chi connectivity index (χ0) is 23.1. The Morgan fingerprint density at radius 3 is 1.74 bits per heavy atom. The first-order valence-corrected chi connectivity index (χ1v) is 12.1. The highest BCUT2D eigenvalue weighted by molar-refractivity contribution is 7.80. The maximum atomic E-state index is 4.81. The fraction of sp³-hybridized carbons (Fsp3) is 0.0303. The lowest BCUT2D eigenvalue weighted by atomic mass is 9.84. The predicted octanol–water partition coefficient (Wildman–Crippen LogP) is 9.80. The van der Waals surface area contributed by atoms with Crippen molar-refractivity contribution in [2.75, 3.05) is 0 Å². The Kier molecular flexibility index (Phi) is 5.20. The largest absolute Gasteiger partial charge is 0.143 e. The number of thiol groups is 1. The minimum Gasteiger partial charge on any atom is -0.143 e. The van der Waals surface area contributed by atoms with Crippen LogP contribution in [0, 0.1) is 0 Å². The topological polar surface area (TPSA) is 0 Å². The first-order chi connectivity index (χ1) is 16.8. The summed E-state index contributed by atoms with van der Waals surface area (Å²) in [6.07, 6.45) is 4.16. The standard InChI is InChI=1S/C33H24S/c1-2-10-23-19-20-24(21-31(23)34)32-27-14-5-7-16-29(27)33(30-17-8-6-15-28(30)32)26-18-9-12-22-11-3-4-13-25(22)26/h2-21,34H,1H3/b10-2-. The van der Waals surface area contributed by atoms with Gasteiger partial charge in [0.05, 0.1) is 0 Å². The van der Waals surface area contributed by atoms with E-state index in [4.69, 9.17) is 12.6 Å². The van der Waals surface area contributed by atoms with E-state index in [-0.39, 0.29) is 0 Å². The van der Waals surface area contributed by atoms with Gasteiger partial charge < -0.3 is 0 Å². The quantitative estimate of drug-likeness (QED) is 0.200. The number of fused-ring (bicyclic) bond motifs is 3. The van der Waals surface area contributed by atoms with Gasteiger partial charge in [-0.25, -0.2) is 0 Å². The molecule has 0 fully saturated rings. The van der Waals surface area contributed by atoms with Crippen LogP contribution in [-0.4, -0.2) is 0 Å². The molecule has 0 N–H and O–H groups in total. The molecule has 0 aliphatic carbocycles. The molecule has 0 aliphatic heterocycles. The van der Waals surface area contributed by atoms with Gasteiger partial charge >= 0.3 is 0 Å². The van der Waals surface area contributed by atoms with Crippen LogP contribution in [0.15, 0.2) is 120 Å². The van der Waals surface area contributed by atoms with Crippen molar-refractivity contribution in [2.45, 2.75) is 11.8 Å². The molecule has 6 rings (SSSR count). The SMILES string of the molecule is C/C=C\c1ccc(-c2c3ccccc3c(-c3cccc4ccccc34)c3ccccc23)cc1S. The highest BCUT2D eigenvalue weighted by Gasteiger charge is 2.17. The van der Waals surface area contributed by atoms with E-state index in [2.05, 4.69) is 121 Å². The van der Waals surface area contributed by atoms with E-state index in [0.29, 0.717) is 0 Å². The first kappa shape index (κ1) is 20.8. The highest BCUT2D eigenvalue weighted by atomic mass is 32.1. The molecule has 0 amide bonds. The minimum atomic E-state index is 0.988. The molecule has 6 aromatic rings. The third kappa shape index (κ3) is 3.32. The molecule has 34 heavy (non-hydrogen) atoms. The number of hydrogen-bond donors (Lipinski definition) is 1. The predicted molar refractivity (Wildman–Crippen MR) is 152 cm³/mol. The van der Waals surface area contributed by atoms with Gasteiger partial charge in [0.2, 0.25) is 0 Å². The van der Waals surface area contributed by atoms with Gasteiger partial charge in [-0.3, -0.25) is 0 Å². The summed E-state index contributed by atoms with van der Waals surface area (Å²) in [5, 5.41) is 7.60. The van der Waals surface area contributed by atoms with Crippen LogP contribution < -0.4 is 0 Å². The summed E-state index contributed by atoms with van der Waals surface area (Å²) < 4.78 is 0. The molecule has 0 saturated heterocycles. The van der Waals surface area contributed by atoms with Crippen LogP contribution in [0.4, 0.5) is 0 Å². The second-order valence-corrected chi connectivity index (χ2v) is 9.12. The molecule has 0 saturated carbocycles. The number of benzene rings is 6. The molecule has 6 aromatic carbocycles. The maximum absolute atomic E-state index is 4.81. The summed E-state index contributed by atoms with van der Waals surface area (Å²) >= 11 is 4.81. The van der Waals surface area contributed by atoms with Gasteiger partial charge in [-0.15, -0.1) is 12.6 Å². The van der Waals surface area contributed by atoms with Gasteiger partial charge in [-0.2, -0.15) is 0 Å². The molecule has 0 aliphatic rings. The molecule has 0 nitrogen and oxygen atoms in total. The summed E-state index contributed by atoms with van der Waals surface area (Å²) in [6, 6.07) is 39.5. The van der Waals surface area contributed by atoms with Crippen LogP contribution in [0.25, 0.3) is 60.6 Å². The van der Waals surface area contributed by atoms with Crippen molar-refractivity contribution >= 4 is 51.0 Å². The average Bonchev–Trinajstić information content (AvgIpc) is 2.88.